The van der Waals surface area contributed by atoms with E-state index in [1.54, 1.807) is 6.33 Å². The van der Waals surface area contributed by atoms with E-state index in [9.17, 15) is 0 Å². The number of ether oxygens (including phenoxy) is 1. The molecule has 1 aliphatic heterocycles. The van der Waals surface area contributed by atoms with E-state index >= 15 is 0 Å². The SMILES string of the molecule is CCN(CC)c1ncnc(N(CC)C[C@H]2CCCO2)c1N. The van der Waals surface area contributed by atoms with Crippen molar-refractivity contribution in [3.63, 3.8) is 0 Å². The van der Waals surface area contributed by atoms with Crippen LogP contribution in [-0.4, -0.2) is 48.9 Å². The number of hydrogen-bond donors (Lipinski definition) is 1. The van der Waals surface area contributed by atoms with Crippen LogP contribution >= 0.6 is 0 Å². The first-order valence-corrected chi connectivity index (χ1v) is 7.93. The molecule has 0 unspecified atom stereocenters. The normalized spacial score (nSPS) is 18.0. The molecule has 2 heterocycles. The summed E-state index contributed by atoms with van der Waals surface area (Å²) in [5.74, 6) is 1.65. The van der Waals surface area contributed by atoms with E-state index in [2.05, 4.69) is 40.5 Å². The Balaban J connectivity index is 2.22. The molecule has 1 saturated heterocycles. The molecule has 2 N–H and O–H groups in total. The fraction of sp³-hybridized carbons (Fsp3) is 0.733. The van der Waals surface area contributed by atoms with Crippen LogP contribution in [0.15, 0.2) is 6.33 Å². The van der Waals surface area contributed by atoms with E-state index in [1.807, 2.05) is 0 Å². The molecule has 1 atom stereocenters. The van der Waals surface area contributed by atoms with Crippen molar-refractivity contribution in [2.45, 2.75) is 39.7 Å². The Hall–Kier alpha value is -1.56. The van der Waals surface area contributed by atoms with Gasteiger partial charge in [-0.25, -0.2) is 9.97 Å². The summed E-state index contributed by atoms with van der Waals surface area (Å²) in [6, 6.07) is 0. The molecule has 118 valence electrons. The van der Waals surface area contributed by atoms with Gasteiger partial charge in [-0.1, -0.05) is 0 Å². The number of hydrogen-bond acceptors (Lipinski definition) is 6. The van der Waals surface area contributed by atoms with Crippen LogP contribution in [0.4, 0.5) is 17.3 Å². The molecule has 6 nitrogen and oxygen atoms in total. The molecule has 1 aliphatic rings. The molecule has 0 aromatic carbocycles. The molecule has 0 spiro atoms. The highest BCUT2D eigenvalue weighted by Crippen LogP contribution is 2.29. The van der Waals surface area contributed by atoms with E-state index in [0.29, 0.717) is 5.69 Å². The third-order valence-electron chi connectivity index (χ3n) is 4.03. The highest BCUT2D eigenvalue weighted by molar-refractivity contribution is 5.75. The lowest BCUT2D eigenvalue weighted by Gasteiger charge is -2.28. The minimum Gasteiger partial charge on any atom is -0.393 e. The van der Waals surface area contributed by atoms with Crippen molar-refractivity contribution in [1.82, 2.24) is 9.97 Å². The van der Waals surface area contributed by atoms with E-state index in [-0.39, 0.29) is 6.10 Å². The Morgan fingerprint density at radius 3 is 2.29 bits per heavy atom. The average molecular weight is 293 g/mol. The zero-order chi connectivity index (χ0) is 15.2. The molecular formula is C15H27N5O. The summed E-state index contributed by atoms with van der Waals surface area (Å²) in [6.07, 6.45) is 4.16. The summed E-state index contributed by atoms with van der Waals surface area (Å²) < 4.78 is 5.73. The number of nitrogen functional groups attached to an aromatic ring is 1. The van der Waals surface area contributed by atoms with Crippen LogP contribution in [0.25, 0.3) is 0 Å². The molecule has 21 heavy (non-hydrogen) atoms. The smallest absolute Gasteiger partial charge is 0.157 e. The Morgan fingerprint density at radius 2 is 1.76 bits per heavy atom. The predicted molar refractivity (Wildman–Crippen MR) is 86.9 cm³/mol. The first-order chi connectivity index (χ1) is 10.2. The Labute approximate surface area is 127 Å². The molecule has 0 saturated carbocycles. The zero-order valence-corrected chi connectivity index (χ0v) is 13.4. The number of rotatable bonds is 7. The van der Waals surface area contributed by atoms with Crippen molar-refractivity contribution in [2.75, 3.05) is 48.3 Å². The van der Waals surface area contributed by atoms with Gasteiger partial charge in [0.05, 0.1) is 6.10 Å². The van der Waals surface area contributed by atoms with Gasteiger partial charge in [0.1, 0.15) is 12.0 Å². The minimum absolute atomic E-state index is 0.288. The second kappa shape index (κ2) is 7.45. The fourth-order valence-electron chi connectivity index (χ4n) is 2.80. The van der Waals surface area contributed by atoms with Gasteiger partial charge in [-0.15, -0.1) is 0 Å². The molecule has 1 fully saturated rings. The van der Waals surface area contributed by atoms with Gasteiger partial charge in [-0.05, 0) is 33.6 Å². The average Bonchev–Trinajstić information content (AvgIpc) is 3.01. The lowest BCUT2D eigenvalue weighted by molar-refractivity contribution is 0.115. The summed E-state index contributed by atoms with van der Waals surface area (Å²) in [5.41, 5.74) is 7.00. The summed E-state index contributed by atoms with van der Waals surface area (Å²) in [5, 5.41) is 0. The minimum atomic E-state index is 0.288. The standard InChI is InChI=1S/C15H27N5O/c1-4-19(5-2)14-13(16)15(18-11-17-14)20(6-3)10-12-8-7-9-21-12/h11-12H,4-10,16H2,1-3H3/t12-/m1/s1. The van der Waals surface area contributed by atoms with Gasteiger partial charge in [0, 0.05) is 32.8 Å². The highest BCUT2D eigenvalue weighted by atomic mass is 16.5. The molecule has 0 aliphatic carbocycles. The van der Waals surface area contributed by atoms with E-state index in [4.69, 9.17) is 10.5 Å². The molecule has 0 amide bonds. The number of anilines is 3. The first kappa shape index (κ1) is 15.8. The third kappa shape index (κ3) is 3.56. The van der Waals surface area contributed by atoms with E-state index < -0.39 is 0 Å². The van der Waals surface area contributed by atoms with Crippen LogP contribution in [-0.2, 0) is 4.74 Å². The van der Waals surface area contributed by atoms with Gasteiger partial charge >= 0.3 is 0 Å². The summed E-state index contributed by atoms with van der Waals surface area (Å²) in [4.78, 5) is 13.1. The van der Waals surface area contributed by atoms with Gasteiger partial charge in [0.2, 0.25) is 0 Å². The van der Waals surface area contributed by atoms with Crippen LogP contribution in [0, 0.1) is 0 Å². The Morgan fingerprint density at radius 1 is 1.14 bits per heavy atom. The Bertz CT molecular complexity index is 444. The topological polar surface area (TPSA) is 67.5 Å². The number of likely N-dealkylation sites (N-methyl/N-ethyl adjacent to an activating group) is 1. The molecule has 6 heteroatoms. The monoisotopic (exact) mass is 293 g/mol. The van der Waals surface area contributed by atoms with E-state index in [1.165, 1.54) is 0 Å². The van der Waals surface area contributed by atoms with Gasteiger partial charge in [0.15, 0.2) is 11.6 Å². The lowest BCUT2D eigenvalue weighted by Crippen LogP contribution is -2.34. The second-order valence-electron chi connectivity index (χ2n) is 5.28. The van der Waals surface area contributed by atoms with Crippen LogP contribution in [0.5, 0.6) is 0 Å². The first-order valence-electron chi connectivity index (χ1n) is 7.93. The highest BCUT2D eigenvalue weighted by Gasteiger charge is 2.22. The van der Waals surface area contributed by atoms with Gasteiger partial charge < -0.3 is 20.3 Å². The molecule has 1 aromatic heterocycles. The molecule has 0 radical (unpaired) electrons. The maximum atomic E-state index is 6.34. The number of nitrogens with zero attached hydrogens (tertiary/aromatic N) is 4. The maximum Gasteiger partial charge on any atom is 0.157 e. The van der Waals surface area contributed by atoms with Crippen LogP contribution in [0.1, 0.15) is 33.6 Å². The fourth-order valence-corrected chi connectivity index (χ4v) is 2.80. The van der Waals surface area contributed by atoms with Crippen molar-refractivity contribution < 1.29 is 4.74 Å². The molecule has 2 rings (SSSR count). The lowest BCUT2D eigenvalue weighted by atomic mass is 10.2. The zero-order valence-electron chi connectivity index (χ0n) is 13.4. The van der Waals surface area contributed by atoms with Crippen LogP contribution in [0.3, 0.4) is 0 Å². The van der Waals surface area contributed by atoms with Crippen LogP contribution in [0.2, 0.25) is 0 Å². The van der Waals surface area contributed by atoms with Gasteiger partial charge in [0.25, 0.3) is 0 Å². The summed E-state index contributed by atoms with van der Waals surface area (Å²) in [7, 11) is 0. The quantitative estimate of drug-likeness (QED) is 0.828. The van der Waals surface area contributed by atoms with Crippen molar-refractivity contribution in [2.24, 2.45) is 0 Å². The third-order valence-corrected chi connectivity index (χ3v) is 4.03. The maximum absolute atomic E-state index is 6.34. The van der Waals surface area contributed by atoms with Gasteiger partial charge in [-0.3, -0.25) is 0 Å². The van der Waals surface area contributed by atoms with Gasteiger partial charge in [-0.2, -0.15) is 0 Å². The van der Waals surface area contributed by atoms with Crippen LogP contribution < -0.4 is 15.5 Å². The number of nitrogens with two attached hydrogens (primary N) is 1. The molecule has 0 bridgehead atoms. The summed E-state index contributed by atoms with van der Waals surface area (Å²) >= 11 is 0. The van der Waals surface area contributed by atoms with Crippen molar-refractivity contribution in [3.8, 4) is 0 Å². The van der Waals surface area contributed by atoms with Crippen molar-refractivity contribution in [3.05, 3.63) is 6.33 Å². The Kier molecular flexibility index (Phi) is 5.61. The molecular weight excluding hydrogens is 266 g/mol. The number of aromatic nitrogens is 2. The van der Waals surface area contributed by atoms with Crippen molar-refractivity contribution in [1.29, 1.82) is 0 Å². The predicted octanol–water partition coefficient (Wildman–Crippen LogP) is 1.91. The summed E-state index contributed by atoms with van der Waals surface area (Å²) in [6.45, 7) is 10.7. The van der Waals surface area contributed by atoms with Crippen molar-refractivity contribution >= 4 is 17.3 Å². The molecule has 1 aromatic rings. The van der Waals surface area contributed by atoms with E-state index in [0.717, 1.165) is 57.3 Å². The largest absolute Gasteiger partial charge is 0.393 e. The second-order valence-corrected chi connectivity index (χ2v) is 5.28.